The fourth-order valence-corrected chi connectivity index (χ4v) is 3.93. The highest BCUT2D eigenvalue weighted by Crippen LogP contribution is 2.49. The molecule has 1 aliphatic heterocycles. The van der Waals surface area contributed by atoms with E-state index < -0.39 is 0 Å². The van der Waals surface area contributed by atoms with Crippen molar-refractivity contribution in [1.29, 1.82) is 0 Å². The van der Waals surface area contributed by atoms with Crippen LogP contribution in [0.4, 0.5) is 0 Å². The standard InChI is InChI=1S/C16H29NO/c1-15(2)9-14(16(3,4)18-15)17-10-13(11-5-6-11)12-7-8-12/h11-14,17H,5-10H2,1-4H3. The van der Waals surface area contributed by atoms with Crippen LogP contribution in [0.5, 0.6) is 0 Å². The SMILES string of the molecule is CC1(C)CC(NCC(C2CC2)C2CC2)C(C)(C)O1. The second-order valence-corrected chi connectivity index (χ2v) is 7.97. The maximum atomic E-state index is 6.17. The van der Waals surface area contributed by atoms with Crippen LogP contribution in [0.1, 0.15) is 59.8 Å². The number of nitrogens with one attached hydrogen (secondary N) is 1. The third-order valence-electron chi connectivity index (χ3n) is 5.13. The Labute approximate surface area is 112 Å². The van der Waals surface area contributed by atoms with Gasteiger partial charge in [0.1, 0.15) is 0 Å². The summed E-state index contributed by atoms with van der Waals surface area (Å²) in [5.74, 6) is 3.05. The molecule has 18 heavy (non-hydrogen) atoms. The van der Waals surface area contributed by atoms with Crippen molar-refractivity contribution in [3.8, 4) is 0 Å². The van der Waals surface area contributed by atoms with E-state index in [0.717, 1.165) is 24.2 Å². The van der Waals surface area contributed by atoms with E-state index in [1.807, 2.05) is 0 Å². The van der Waals surface area contributed by atoms with Gasteiger partial charge in [0, 0.05) is 6.04 Å². The molecular weight excluding hydrogens is 222 g/mol. The van der Waals surface area contributed by atoms with Crippen molar-refractivity contribution < 1.29 is 4.74 Å². The third-order valence-corrected chi connectivity index (χ3v) is 5.13. The van der Waals surface area contributed by atoms with Crippen molar-refractivity contribution >= 4 is 0 Å². The molecule has 3 aliphatic rings. The summed E-state index contributed by atoms with van der Waals surface area (Å²) < 4.78 is 6.17. The van der Waals surface area contributed by atoms with Crippen LogP contribution in [0.3, 0.4) is 0 Å². The highest BCUT2D eigenvalue weighted by Gasteiger charge is 2.47. The van der Waals surface area contributed by atoms with Crippen LogP contribution in [-0.4, -0.2) is 23.8 Å². The van der Waals surface area contributed by atoms with Gasteiger partial charge in [-0.2, -0.15) is 0 Å². The zero-order chi connectivity index (χ0) is 13.0. The predicted molar refractivity (Wildman–Crippen MR) is 74.6 cm³/mol. The normalized spacial score (nSPS) is 34.2. The molecule has 2 heteroatoms. The average molecular weight is 251 g/mol. The molecule has 1 unspecified atom stereocenters. The summed E-state index contributed by atoms with van der Waals surface area (Å²) in [6, 6.07) is 0.521. The van der Waals surface area contributed by atoms with Gasteiger partial charge in [-0.15, -0.1) is 0 Å². The smallest absolute Gasteiger partial charge is 0.0787 e. The molecular formula is C16H29NO. The molecule has 2 saturated carbocycles. The van der Waals surface area contributed by atoms with Crippen LogP contribution in [0, 0.1) is 17.8 Å². The van der Waals surface area contributed by atoms with Gasteiger partial charge in [-0.3, -0.25) is 0 Å². The molecule has 0 amide bonds. The Balaban J connectivity index is 1.55. The zero-order valence-electron chi connectivity index (χ0n) is 12.5. The molecule has 1 saturated heterocycles. The van der Waals surface area contributed by atoms with Gasteiger partial charge in [0.15, 0.2) is 0 Å². The lowest BCUT2D eigenvalue weighted by Gasteiger charge is -2.29. The summed E-state index contributed by atoms with van der Waals surface area (Å²) in [5.41, 5.74) is 0.0248. The van der Waals surface area contributed by atoms with E-state index in [4.69, 9.17) is 4.74 Å². The zero-order valence-corrected chi connectivity index (χ0v) is 12.5. The van der Waals surface area contributed by atoms with Gasteiger partial charge >= 0.3 is 0 Å². The van der Waals surface area contributed by atoms with Gasteiger partial charge < -0.3 is 10.1 Å². The lowest BCUT2D eigenvalue weighted by Crippen LogP contribution is -2.45. The number of ether oxygens (including phenoxy) is 1. The van der Waals surface area contributed by atoms with Crippen molar-refractivity contribution in [2.75, 3.05) is 6.54 Å². The van der Waals surface area contributed by atoms with Gasteiger partial charge in [-0.25, -0.2) is 0 Å². The van der Waals surface area contributed by atoms with E-state index in [2.05, 4.69) is 33.0 Å². The lowest BCUT2D eigenvalue weighted by molar-refractivity contribution is -0.0700. The minimum absolute atomic E-state index is 0.0127. The molecule has 0 aromatic heterocycles. The van der Waals surface area contributed by atoms with Crippen molar-refractivity contribution in [3.63, 3.8) is 0 Å². The van der Waals surface area contributed by atoms with Crippen LogP contribution in [0.15, 0.2) is 0 Å². The van der Waals surface area contributed by atoms with Crippen LogP contribution in [-0.2, 0) is 4.74 Å². The Kier molecular flexibility index (Phi) is 3.02. The minimum Gasteiger partial charge on any atom is -0.368 e. The fraction of sp³-hybridized carbons (Fsp3) is 1.00. The monoisotopic (exact) mass is 251 g/mol. The first kappa shape index (κ1) is 12.9. The van der Waals surface area contributed by atoms with Crippen molar-refractivity contribution in [1.82, 2.24) is 5.32 Å². The van der Waals surface area contributed by atoms with E-state index in [1.165, 1.54) is 32.2 Å². The molecule has 2 aliphatic carbocycles. The molecule has 2 nitrogen and oxygen atoms in total. The molecule has 0 bridgehead atoms. The molecule has 0 radical (unpaired) electrons. The second-order valence-electron chi connectivity index (χ2n) is 7.97. The van der Waals surface area contributed by atoms with E-state index in [1.54, 1.807) is 0 Å². The Bertz CT molecular complexity index is 303. The quantitative estimate of drug-likeness (QED) is 0.809. The number of hydrogen-bond donors (Lipinski definition) is 1. The third kappa shape index (κ3) is 2.75. The first-order chi connectivity index (χ1) is 8.37. The molecule has 1 heterocycles. The van der Waals surface area contributed by atoms with Crippen molar-refractivity contribution in [2.24, 2.45) is 17.8 Å². The topological polar surface area (TPSA) is 21.3 Å². The highest BCUT2D eigenvalue weighted by molar-refractivity contribution is 5.00. The van der Waals surface area contributed by atoms with Crippen molar-refractivity contribution in [3.05, 3.63) is 0 Å². The highest BCUT2D eigenvalue weighted by atomic mass is 16.5. The minimum atomic E-state index is -0.0127. The van der Waals surface area contributed by atoms with Crippen LogP contribution >= 0.6 is 0 Å². The Morgan fingerprint density at radius 2 is 1.61 bits per heavy atom. The van der Waals surface area contributed by atoms with E-state index in [9.17, 15) is 0 Å². The summed E-state index contributed by atoms with van der Waals surface area (Å²) in [4.78, 5) is 0. The molecule has 3 fully saturated rings. The summed E-state index contributed by atoms with van der Waals surface area (Å²) in [6.07, 6.45) is 7.08. The van der Waals surface area contributed by atoms with E-state index in [0.29, 0.717) is 6.04 Å². The molecule has 0 spiro atoms. The molecule has 0 aromatic rings. The maximum absolute atomic E-state index is 6.17. The van der Waals surface area contributed by atoms with Crippen LogP contribution in [0.2, 0.25) is 0 Å². The van der Waals surface area contributed by atoms with Crippen LogP contribution < -0.4 is 5.32 Å². The molecule has 3 rings (SSSR count). The number of hydrogen-bond acceptors (Lipinski definition) is 2. The summed E-state index contributed by atoms with van der Waals surface area (Å²) in [6.45, 7) is 10.1. The van der Waals surface area contributed by atoms with E-state index >= 15 is 0 Å². The first-order valence-corrected chi connectivity index (χ1v) is 7.81. The van der Waals surface area contributed by atoms with Crippen molar-refractivity contribution in [2.45, 2.75) is 77.0 Å². The molecule has 0 aromatic carbocycles. The summed E-state index contributed by atoms with van der Waals surface area (Å²) in [5, 5.41) is 3.85. The second kappa shape index (κ2) is 4.21. The number of rotatable bonds is 5. The largest absolute Gasteiger partial charge is 0.368 e. The average Bonchev–Trinajstić information content (AvgIpc) is 3.09. The van der Waals surface area contributed by atoms with E-state index in [-0.39, 0.29) is 11.2 Å². The maximum Gasteiger partial charge on any atom is 0.0787 e. The predicted octanol–water partition coefficient (Wildman–Crippen LogP) is 3.36. The van der Waals surface area contributed by atoms with Gasteiger partial charge in [-0.1, -0.05) is 0 Å². The molecule has 1 atom stereocenters. The van der Waals surface area contributed by atoms with Gasteiger partial charge in [-0.05, 0) is 84.1 Å². The van der Waals surface area contributed by atoms with Gasteiger partial charge in [0.2, 0.25) is 0 Å². The Hall–Kier alpha value is -0.0800. The molecule has 104 valence electrons. The Morgan fingerprint density at radius 3 is 2.00 bits per heavy atom. The van der Waals surface area contributed by atoms with Gasteiger partial charge in [0.25, 0.3) is 0 Å². The lowest BCUT2D eigenvalue weighted by atomic mass is 9.92. The van der Waals surface area contributed by atoms with Crippen LogP contribution in [0.25, 0.3) is 0 Å². The Morgan fingerprint density at radius 1 is 1.06 bits per heavy atom. The first-order valence-electron chi connectivity index (χ1n) is 7.81. The fourth-order valence-electron chi connectivity index (χ4n) is 3.93. The molecule has 1 N–H and O–H groups in total. The van der Waals surface area contributed by atoms with Gasteiger partial charge in [0.05, 0.1) is 11.2 Å². The summed E-state index contributed by atoms with van der Waals surface area (Å²) in [7, 11) is 0. The summed E-state index contributed by atoms with van der Waals surface area (Å²) >= 11 is 0.